The average molecular weight is 751 g/mol. The number of para-hydroxylation sites is 1. The number of nitrogens with zero attached hydrogens (tertiary/aromatic N) is 5. The molecule has 11 nitrogen and oxygen atoms in total. The van der Waals surface area contributed by atoms with E-state index in [-0.39, 0.29) is 48.1 Å². The zero-order chi connectivity index (χ0) is 36.6. The predicted molar refractivity (Wildman–Crippen MR) is 192 cm³/mol. The Hall–Kier alpha value is -4.90. The van der Waals surface area contributed by atoms with Gasteiger partial charge in [0, 0.05) is 58.4 Å². The lowest BCUT2D eigenvalue weighted by atomic mass is 10.1. The van der Waals surface area contributed by atoms with E-state index >= 15 is 0 Å². The number of amides is 1. The Morgan fingerprint density at radius 2 is 1.67 bits per heavy atom. The molecule has 16 heteroatoms. The van der Waals surface area contributed by atoms with Crippen molar-refractivity contribution >= 4 is 55.2 Å². The molecule has 6 aromatic rings. The van der Waals surface area contributed by atoms with Gasteiger partial charge in [0.1, 0.15) is 5.75 Å². The lowest BCUT2D eigenvalue weighted by molar-refractivity contribution is -0.274. The maximum absolute atomic E-state index is 13.6. The fraction of sp³-hybridized carbons (Fsp3) is 0.250. The van der Waals surface area contributed by atoms with Crippen molar-refractivity contribution in [3.8, 4) is 22.8 Å². The predicted octanol–water partition coefficient (Wildman–Crippen LogP) is 7.10. The molecule has 0 spiro atoms. The lowest BCUT2D eigenvalue weighted by Gasteiger charge is -2.26. The number of thioether (sulfide) groups is 1. The molecule has 1 aliphatic rings. The molecule has 4 aromatic carbocycles. The number of nitrogens with one attached hydrogen (secondary N) is 1. The smallest absolute Gasteiger partial charge is 0.406 e. The molecule has 52 heavy (non-hydrogen) atoms. The first kappa shape index (κ1) is 35.5. The molecule has 1 atom stereocenters. The molecule has 7 rings (SSSR count). The Bertz CT molecular complexity index is 2370. The number of carbonyl (C=O) groups excluding carboxylic acids is 1. The number of halogens is 3. The minimum atomic E-state index is -4.88. The number of ether oxygens (including phenoxy) is 2. The molecule has 1 aliphatic heterocycles. The van der Waals surface area contributed by atoms with E-state index in [1.807, 2.05) is 36.4 Å². The lowest BCUT2D eigenvalue weighted by Crippen LogP contribution is -2.40. The Labute approximate surface area is 301 Å². The zero-order valence-corrected chi connectivity index (χ0v) is 29.6. The van der Waals surface area contributed by atoms with Crippen molar-refractivity contribution in [2.45, 2.75) is 42.1 Å². The van der Waals surface area contributed by atoms with Crippen LogP contribution in [0.1, 0.15) is 13.8 Å². The van der Waals surface area contributed by atoms with Gasteiger partial charge < -0.3 is 19.4 Å². The summed E-state index contributed by atoms with van der Waals surface area (Å²) >= 11 is 1.09. The third kappa shape index (κ3) is 7.11. The van der Waals surface area contributed by atoms with E-state index in [0.29, 0.717) is 16.9 Å². The van der Waals surface area contributed by atoms with Gasteiger partial charge in [-0.15, -0.1) is 23.4 Å². The molecule has 1 unspecified atom stereocenters. The van der Waals surface area contributed by atoms with E-state index in [4.69, 9.17) is 4.74 Å². The summed E-state index contributed by atoms with van der Waals surface area (Å²) in [5, 5.41) is 13.4. The van der Waals surface area contributed by atoms with Gasteiger partial charge in [0.25, 0.3) is 0 Å². The number of aromatic nitrogens is 4. The topological polar surface area (TPSA) is 121 Å². The van der Waals surface area contributed by atoms with E-state index in [1.165, 1.54) is 28.6 Å². The van der Waals surface area contributed by atoms with Crippen LogP contribution in [0.5, 0.6) is 5.75 Å². The fourth-order valence-electron chi connectivity index (χ4n) is 6.22. The summed E-state index contributed by atoms with van der Waals surface area (Å²) in [6, 6.07) is 25.2. The highest BCUT2D eigenvalue weighted by Crippen LogP contribution is 2.35. The van der Waals surface area contributed by atoms with Crippen LogP contribution in [0.4, 0.5) is 18.9 Å². The van der Waals surface area contributed by atoms with Gasteiger partial charge in [-0.2, -0.15) is 4.31 Å². The molecule has 2 aromatic heterocycles. The van der Waals surface area contributed by atoms with Crippen LogP contribution < -0.4 is 10.1 Å². The third-order valence-corrected chi connectivity index (χ3v) is 11.6. The first-order valence-electron chi connectivity index (χ1n) is 16.4. The quantitative estimate of drug-likeness (QED) is 0.147. The van der Waals surface area contributed by atoms with Gasteiger partial charge in [-0.3, -0.25) is 9.36 Å². The number of benzene rings is 4. The number of fused-ring (bicyclic) bond motifs is 3. The van der Waals surface area contributed by atoms with E-state index in [1.54, 1.807) is 23.6 Å². The minimum absolute atomic E-state index is 0.0383. The number of carbonyl (C=O) groups is 1. The SMILES string of the molecule is CCn1c2ccccc2c2cc(NC(=O)C(C)Sc3nnc(-c4cccc(S(=O)(=O)N5CCOCC5)c4)n3-c3ccc(OC(F)(F)F)cc3)ccc21. The summed E-state index contributed by atoms with van der Waals surface area (Å²) in [4.78, 5) is 13.6. The Morgan fingerprint density at radius 3 is 2.40 bits per heavy atom. The number of hydrogen-bond donors (Lipinski definition) is 1. The van der Waals surface area contributed by atoms with Crippen LogP contribution in [0.25, 0.3) is 38.9 Å². The zero-order valence-electron chi connectivity index (χ0n) is 28.0. The van der Waals surface area contributed by atoms with Gasteiger partial charge >= 0.3 is 6.36 Å². The Balaban J connectivity index is 1.20. The minimum Gasteiger partial charge on any atom is -0.406 e. The van der Waals surface area contributed by atoms with Crippen molar-refractivity contribution in [1.29, 1.82) is 0 Å². The summed E-state index contributed by atoms with van der Waals surface area (Å²) in [7, 11) is -3.86. The van der Waals surface area contributed by atoms with Crippen molar-refractivity contribution in [3.05, 3.63) is 91.0 Å². The van der Waals surface area contributed by atoms with E-state index < -0.39 is 27.4 Å². The van der Waals surface area contributed by atoms with Crippen LogP contribution in [0.15, 0.2) is 101 Å². The number of aryl methyl sites for hydroxylation is 1. The number of rotatable bonds is 10. The summed E-state index contributed by atoms with van der Waals surface area (Å²) in [6.45, 7) is 5.57. The summed E-state index contributed by atoms with van der Waals surface area (Å²) in [5.41, 5.74) is 3.53. The largest absolute Gasteiger partial charge is 0.573 e. The van der Waals surface area contributed by atoms with Crippen molar-refractivity contribution in [3.63, 3.8) is 0 Å². The standard InChI is InChI=1S/C36H33F3N6O5S2/c1-3-44-31-10-5-4-9-29(31)30-22-25(11-16-32(30)44)40-34(46)23(2)51-35-42-41-33(45(35)26-12-14-27(15-13-26)50-36(37,38)39)24-7-6-8-28(21-24)52(47,48)43-17-19-49-20-18-43/h4-16,21-23H,3,17-20H2,1-2H3,(H,40,46). The highest BCUT2D eigenvalue weighted by molar-refractivity contribution is 8.00. The molecule has 1 N–H and O–H groups in total. The monoisotopic (exact) mass is 750 g/mol. The van der Waals surface area contributed by atoms with Crippen molar-refractivity contribution in [2.24, 2.45) is 0 Å². The highest BCUT2D eigenvalue weighted by atomic mass is 32.2. The molecular formula is C36H33F3N6O5S2. The number of alkyl halides is 3. The average Bonchev–Trinajstić information content (AvgIpc) is 3.70. The number of anilines is 1. The van der Waals surface area contributed by atoms with E-state index in [2.05, 4.69) is 37.8 Å². The molecule has 0 radical (unpaired) electrons. The van der Waals surface area contributed by atoms with Crippen LogP contribution in [0.2, 0.25) is 0 Å². The molecule has 3 heterocycles. The molecular weight excluding hydrogens is 718 g/mol. The second kappa shape index (κ2) is 14.3. The normalized spacial score (nSPS) is 14.9. The van der Waals surface area contributed by atoms with Gasteiger partial charge in [-0.1, -0.05) is 42.1 Å². The summed E-state index contributed by atoms with van der Waals surface area (Å²) < 4.78 is 80.2. The molecule has 0 saturated carbocycles. The Kier molecular flexibility index (Phi) is 9.73. The maximum atomic E-state index is 13.6. The molecule has 1 amide bonds. The molecule has 1 saturated heterocycles. The molecule has 0 bridgehead atoms. The summed E-state index contributed by atoms with van der Waals surface area (Å²) in [5.74, 6) is -0.519. The van der Waals surface area contributed by atoms with Crippen LogP contribution in [0.3, 0.4) is 0 Å². The number of sulfonamides is 1. The highest BCUT2D eigenvalue weighted by Gasteiger charge is 2.31. The second-order valence-corrected chi connectivity index (χ2v) is 15.2. The van der Waals surface area contributed by atoms with Crippen molar-refractivity contribution in [1.82, 2.24) is 23.6 Å². The maximum Gasteiger partial charge on any atom is 0.573 e. The van der Waals surface area contributed by atoms with Gasteiger partial charge in [-0.05, 0) is 74.5 Å². The van der Waals surface area contributed by atoms with Crippen LogP contribution in [-0.4, -0.2) is 75.9 Å². The first-order chi connectivity index (χ1) is 24.9. The van der Waals surface area contributed by atoms with E-state index in [0.717, 1.165) is 52.2 Å². The van der Waals surface area contributed by atoms with Crippen LogP contribution in [-0.2, 0) is 26.1 Å². The van der Waals surface area contributed by atoms with Gasteiger partial charge in [0.05, 0.1) is 23.4 Å². The summed E-state index contributed by atoms with van der Waals surface area (Å²) in [6.07, 6.45) is -4.88. The Morgan fingerprint density at radius 1 is 0.942 bits per heavy atom. The van der Waals surface area contributed by atoms with Crippen LogP contribution in [0, 0.1) is 0 Å². The molecule has 1 fully saturated rings. The van der Waals surface area contributed by atoms with Crippen molar-refractivity contribution in [2.75, 3.05) is 31.6 Å². The second-order valence-electron chi connectivity index (χ2n) is 12.0. The van der Waals surface area contributed by atoms with Gasteiger partial charge in [-0.25, -0.2) is 8.42 Å². The van der Waals surface area contributed by atoms with E-state index in [9.17, 15) is 26.4 Å². The molecule has 270 valence electrons. The first-order valence-corrected chi connectivity index (χ1v) is 18.7. The number of morpholine rings is 1. The fourth-order valence-corrected chi connectivity index (χ4v) is 8.54. The third-order valence-electron chi connectivity index (χ3n) is 8.67. The number of hydrogen-bond acceptors (Lipinski definition) is 8. The van der Waals surface area contributed by atoms with Gasteiger partial charge in [0.15, 0.2) is 11.0 Å². The van der Waals surface area contributed by atoms with Crippen molar-refractivity contribution < 1.29 is 35.9 Å². The van der Waals surface area contributed by atoms with Crippen LogP contribution >= 0.6 is 11.8 Å². The molecule has 0 aliphatic carbocycles. The van der Waals surface area contributed by atoms with Gasteiger partial charge in [0.2, 0.25) is 15.9 Å².